The standard InChI is InChI=1S/C48H30N2/c1-3-15-35-31(11-1)13-9-20-38(35)43-29-45-44(39-21-10-14-32-12-2-4-16-36(32)39)30-47(50-48(45)42-19-6-5-17-40(42)43)34-25-23-33(24-26-34)37-27-28-49-46-22-8-7-18-41(37)46/h1-30H. The van der Waals surface area contributed by atoms with Crippen molar-refractivity contribution in [2.24, 2.45) is 0 Å². The number of pyridine rings is 2. The molecule has 0 saturated carbocycles. The maximum Gasteiger partial charge on any atom is 0.0794 e. The number of aromatic nitrogens is 2. The highest BCUT2D eigenvalue weighted by Gasteiger charge is 2.18. The van der Waals surface area contributed by atoms with Crippen molar-refractivity contribution in [2.45, 2.75) is 0 Å². The molecule has 2 nitrogen and oxygen atoms in total. The summed E-state index contributed by atoms with van der Waals surface area (Å²) in [7, 11) is 0. The molecule has 0 amide bonds. The van der Waals surface area contributed by atoms with E-state index in [0.29, 0.717) is 0 Å². The first-order valence-electron chi connectivity index (χ1n) is 17.1. The Kier molecular flexibility index (Phi) is 6.53. The fraction of sp³-hybridized carbons (Fsp3) is 0. The van der Waals surface area contributed by atoms with Crippen LogP contribution in [0.3, 0.4) is 0 Å². The van der Waals surface area contributed by atoms with Crippen molar-refractivity contribution in [2.75, 3.05) is 0 Å². The number of hydrogen-bond donors (Lipinski definition) is 0. The molecule has 8 aromatic carbocycles. The molecule has 2 heteroatoms. The molecule has 0 saturated heterocycles. The average Bonchev–Trinajstić information content (AvgIpc) is 3.19. The third kappa shape index (κ3) is 4.57. The van der Waals surface area contributed by atoms with Gasteiger partial charge in [0.15, 0.2) is 0 Å². The van der Waals surface area contributed by atoms with Gasteiger partial charge in [-0.25, -0.2) is 4.98 Å². The van der Waals surface area contributed by atoms with Crippen molar-refractivity contribution in [3.05, 3.63) is 182 Å². The van der Waals surface area contributed by atoms with Gasteiger partial charge in [0.1, 0.15) is 0 Å². The Morgan fingerprint density at radius 3 is 1.56 bits per heavy atom. The van der Waals surface area contributed by atoms with Gasteiger partial charge in [0.25, 0.3) is 0 Å². The van der Waals surface area contributed by atoms with Gasteiger partial charge in [-0.05, 0) is 84.6 Å². The van der Waals surface area contributed by atoms with Crippen LogP contribution in [0.2, 0.25) is 0 Å². The molecule has 0 aliphatic carbocycles. The first-order chi connectivity index (χ1) is 24.8. The van der Waals surface area contributed by atoms with Gasteiger partial charge < -0.3 is 0 Å². The summed E-state index contributed by atoms with van der Waals surface area (Å²) in [6.45, 7) is 0. The second-order valence-corrected chi connectivity index (χ2v) is 12.9. The van der Waals surface area contributed by atoms with Crippen LogP contribution in [-0.2, 0) is 0 Å². The van der Waals surface area contributed by atoms with E-state index in [0.717, 1.165) is 44.0 Å². The molecule has 0 bridgehead atoms. The first kappa shape index (κ1) is 28.4. The molecular weight excluding hydrogens is 605 g/mol. The van der Waals surface area contributed by atoms with E-state index in [2.05, 4.69) is 175 Å². The minimum absolute atomic E-state index is 0.953. The second-order valence-electron chi connectivity index (χ2n) is 12.9. The summed E-state index contributed by atoms with van der Waals surface area (Å²) in [4.78, 5) is 10.1. The summed E-state index contributed by atoms with van der Waals surface area (Å²) in [6.07, 6.45) is 1.89. The van der Waals surface area contributed by atoms with Crippen LogP contribution in [0.4, 0.5) is 0 Å². The molecule has 0 N–H and O–H groups in total. The van der Waals surface area contributed by atoms with Crippen LogP contribution in [0, 0.1) is 0 Å². The van der Waals surface area contributed by atoms with Crippen LogP contribution < -0.4 is 0 Å². The number of fused-ring (bicyclic) bond motifs is 6. The molecule has 10 rings (SSSR count). The van der Waals surface area contributed by atoms with Crippen LogP contribution >= 0.6 is 0 Å². The maximum atomic E-state index is 5.48. The van der Waals surface area contributed by atoms with Gasteiger partial charge >= 0.3 is 0 Å². The highest BCUT2D eigenvalue weighted by atomic mass is 14.7. The molecule has 232 valence electrons. The number of para-hydroxylation sites is 1. The maximum absolute atomic E-state index is 5.48. The minimum atomic E-state index is 0.953. The summed E-state index contributed by atoms with van der Waals surface area (Å²) in [5.41, 5.74) is 11.2. The van der Waals surface area contributed by atoms with E-state index in [1.807, 2.05) is 12.3 Å². The monoisotopic (exact) mass is 634 g/mol. The average molecular weight is 635 g/mol. The van der Waals surface area contributed by atoms with Gasteiger partial charge in [0.05, 0.1) is 16.7 Å². The van der Waals surface area contributed by atoms with Gasteiger partial charge in [-0.15, -0.1) is 0 Å². The molecule has 50 heavy (non-hydrogen) atoms. The fourth-order valence-electron chi connectivity index (χ4n) is 7.74. The molecule has 2 aromatic heterocycles. The lowest BCUT2D eigenvalue weighted by Crippen LogP contribution is -1.94. The zero-order valence-corrected chi connectivity index (χ0v) is 27.2. The molecule has 0 aliphatic heterocycles. The molecule has 0 spiro atoms. The zero-order chi connectivity index (χ0) is 33.0. The number of rotatable bonds is 4. The number of nitrogens with zero attached hydrogens (tertiary/aromatic N) is 2. The first-order valence-corrected chi connectivity index (χ1v) is 17.1. The van der Waals surface area contributed by atoms with E-state index in [-0.39, 0.29) is 0 Å². The quantitative estimate of drug-likeness (QED) is 0.180. The van der Waals surface area contributed by atoms with Crippen molar-refractivity contribution in [1.29, 1.82) is 0 Å². The molecule has 0 fully saturated rings. The molecular formula is C48H30N2. The molecule has 2 heterocycles. The number of benzene rings is 8. The van der Waals surface area contributed by atoms with Crippen molar-refractivity contribution < 1.29 is 0 Å². The highest BCUT2D eigenvalue weighted by Crippen LogP contribution is 2.43. The lowest BCUT2D eigenvalue weighted by molar-refractivity contribution is 1.40. The normalized spacial score (nSPS) is 11.6. The summed E-state index contributed by atoms with van der Waals surface area (Å²) in [6, 6.07) is 63.3. The van der Waals surface area contributed by atoms with Gasteiger partial charge in [0.2, 0.25) is 0 Å². The van der Waals surface area contributed by atoms with E-state index < -0.39 is 0 Å². The highest BCUT2D eigenvalue weighted by molar-refractivity contribution is 6.19. The van der Waals surface area contributed by atoms with Crippen LogP contribution in [0.1, 0.15) is 0 Å². The third-order valence-corrected chi connectivity index (χ3v) is 10.1. The van der Waals surface area contributed by atoms with Gasteiger partial charge in [0, 0.05) is 27.9 Å². The van der Waals surface area contributed by atoms with E-state index >= 15 is 0 Å². The Labute approximate surface area is 290 Å². The van der Waals surface area contributed by atoms with Crippen molar-refractivity contribution in [3.63, 3.8) is 0 Å². The predicted octanol–water partition coefficient (Wildman–Crippen LogP) is 12.9. The Balaban J connectivity index is 1.25. The van der Waals surface area contributed by atoms with Crippen LogP contribution in [0.15, 0.2) is 182 Å². The predicted molar refractivity (Wildman–Crippen MR) is 211 cm³/mol. The summed E-state index contributed by atoms with van der Waals surface area (Å²) < 4.78 is 0. The molecule has 10 aromatic rings. The largest absolute Gasteiger partial charge is 0.256 e. The van der Waals surface area contributed by atoms with E-state index in [4.69, 9.17) is 4.98 Å². The molecule has 0 unspecified atom stereocenters. The van der Waals surface area contributed by atoms with Crippen molar-refractivity contribution in [1.82, 2.24) is 9.97 Å². The summed E-state index contributed by atoms with van der Waals surface area (Å²) in [5.74, 6) is 0. The fourth-order valence-corrected chi connectivity index (χ4v) is 7.74. The van der Waals surface area contributed by atoms with Gasteiger partial charge in [-0.3, -0.25) is 4.98 Å². The van der Waals surface area contributed by atoms with E-state index in [9.17, 15) is 0 Å². The minimum Gasteiger partial charge on any atom is -0.256 e. The summed E-state index contributed by atoms with van der Waals surface area (Å²) in [5, 5.41) is 9.58. The SMILES string of the molecule is c1ccc2c(-c3cc4c(-c5cccc6ccccc56)cc(-c5ccc(-c6ccnc7ccccc67)cc5)nc4c4ccccc34)cccc2c1. The van der Waals surface area contributed by atoms with Crippen LogP contribution in [-0.4, -0.2) is 9.97 Å². The van der Waals surface area contributed by atoms with Gasteiger partial charge in [-0.1, -0.05) is 152 Å². The van der Waals surface area contributed by atoms with Crippen molar-refractivity contribution >= 4 is 54.1 Å². The Morgan fingerprint density at radius 2 is 0.860 bits per heavy atom. The Hall–Kier alpha value is -6.64. The van der Waals surface area contributed by atoms with Crippen molar-refractivity contribution in [3.8, 4) is 44.6 Å². The smallest absolute Gasteiger partial charge is 0.0794 e. The van der Waals surface area contributed by atoms with E-state index in [1.165, 1.54) is 54.7 Å². The second kappa shape index (κ2) is 11.5. The van der Waals surface area contributed by atoms with Crippen LogP contribution in [0.5, 0.6) is 0 Å². The third-order valence-electron chi connectivity index (χ3n) is 10.1. The molecule has 0 aliphatic rings. The lowest BCUT2D eigenvalue weighted by atomic mass is 9.88. The lowest BCUT2D eigenvalue weighted by Gasteiger charge is -2.17. The molecule has 0 radical (unpaired) electrons. The van der Waals surface area contributed by atoms with Gasteiger partial charge in [-0.2, -0.15) is 0 Å². The number of hydrogen-bond acceptors (Lipinski definition) is 2. The van der Waals surface area contributed by atoms with E-state index in [1.54, 1.807) is 0 Å². The topological polar surface area (TPSA) is 25.8 Å². The van der Waals surface area contributed by atoms with Crippen LogP contribution in [0.25, 0.3) is 98.8 Å². The summed E-state index contributed by atoms with van der Waals surface area (Å²) >= 11 is 0. The Morgan fingerprint density at radius 1 is 0.320 bits per heavy atom. The molecule has 0 atom stereocenters. The Bertz CT molecular complexity index is 2910. The zero-order valence-electron chi connectivity index (χ0n) is 27.2.